The zero-order chi connectivity index (χ0) is 26.4. The summed E-state index contributed by atoms with van der Waals surface area (Å²) in [6, 6.07) is 17.7. The van der Waals surface area contributed by atoms with E-state index in [1.165, 1.54) is 11.1 Å². The van der Waals surface area contributed by atoms with Crippen LogP contribution in [0.3, 0.4) is 0 Å². The Balaban J connectivity index is 1.65. The van der Waals surface area contributed by atoms with Crippen molar-refractivity contribution >= 4 is 23.0 Å². The van der Waals surface area contributed by atoms with Gasteiger partial charge in [0.1, 0.15) is 23.9 Å². The van der Waals surface area contributed by atoms with Crippen molar-refractivity contribution < 1.29 is 23.7 Å². The van der Waals surface area contributed by atoms with E-state index in [4.69, 9.17) is 35.9 Å². The zero-order valence-electron chi connectivity index (χ0n) is 22.0. The molecule has 3 aromatic rings. The number of fused-ring (bicyclic) bond motifs is 1. The lowest BCUT2D eigenvalue weighted by Crippen LogP contribution is -2.44. The number of nitrogens with zero attached hydrogens (tertiary/aromatic N) is 1. The standard InChI is InChI=1S/C29H34N2O5S/c1-6-19-7-9-21(10-8-19)36-18-25-23-17-28(35-5)27(34-4)15-20(23)13-14-31(25)29(37)30-24-16-22(32-2)11-12-26(24)33-3/h7-12,15-17,25H,6,13-14,18H2,1-5H3,(H,30,37). The van der Waals surface area contributed by atoms with Crippen molar-refractivity contribution in [2.75, 3.05) is 46.9 Å². The van der Waals surface area contributed by atoms with Gasteiger partial charge in [-0.2, -0.15) is 0 Å². The van der Waals surface area contributed by atoms with E-state index < -0.39 is 0 Å². The summed E-state index contributed by atoms with van der Waals surface area (Å²) >= 11 is 5.93. The summed E-state index contributed by atoms with van der Waals surface area (Å²) in [6.45, 7) is 3.26. The molecule has 0 amide bonds. The van der Waals surface area contributed by atoms with Crippen LogP contribution in [0.2, 0.25) is 0 Å². The van der Waals surface area contributed by atoms with E-state index in [9.17, 15) is 0 Å². The molecule has 1 N–H and O–H groups in total. The first kappa shape index (κ1) is 26.4. The number of benzene rings is 3. The number of aryl methyl sites for hydroxylation is 1. The van der Waals surface area contributed by atoms with Crippen molar-refractivity contribution in [3.05, 3.63) is 71.3 Å². The molecule has 0 spiro atoms. The van der Waals surface area contributed by atoms with E-state index in [0.717, 1.165) is 29.8 Å². The maximum Gasteiger partial charge on any atom is 0.174 e. The summed E-state index contributed by atoms with van der Waals surface area (Å²) in [5, 5.41) is 3.94. The number of rotatable bonds is 9. The zero-order valence-corrected chi connectivity index (χ0v) is 22.8. The van der Waals surface area contributed by atoms with Crippen LogP contribution in [0.15, 0.2) is 54.6 Å². The van der Waals surface area contributed by atoms with Gasteiger partial charge >= 0.3 is 0 Å². The minimum atomic E-state index is -0.147. The summed E-state index contributed by atoms with van der Waals surface area (Å²) in [7, 11) is 6.56. The third kappa shape index (κ3) is 5.85. The van der Waals surface area contributed by atoms with Gasteiger partial charge in [0.25, 0.3) is 0 Å². The Labute approximate surface area is 224 Å². The Morgan fingerprint density at radius 3 is 2.19 bits per heavy atom. The highest BCUT2D eigenvalue weighted by Crippen LogP contribution is 2.39. The van der Waals surface area contributed by atoms with Gasteiger partial charge in [0, 0.05) is 12.6 Å². The van der Waals surface area contributed by atoms with E-state index >= 15 is 0 Å². The molecule has 8 heteroatoms. The van der Waals surface area contributed by atoms with Gasteiger partial charge in [0.15, 0.2) is 16.6 Å². The fourth-order valence-electron chi connectivity index (χ4n) is 4.55. The summed E-state index contributed by atoms with van der Waals surface area (Å²) in [5.74, 6) is 3.59. The van der Waals surface area contributed by atoms with Crippen molar-refractivity contribution in [3.63, 3.8) is 0 Å². The van der Waals surface area contributed by atoms with Crippen LogP contribution in [-0.2, 0) is 12.8 Å². The number of ether oxygens (including phenoxy) is 5. The molecular weight excluding hydrogens is 488 g/mol. The highest BCUT2D eigenvalue weighted by Gasteiger charge is 2.32. The number of nitrogens with one attached hydrogen (secondary N) is 1. The van der Waals surface area contributed by atoms with E-state index in [0.29, 0.717) is 41.3 Å². The molecule has 1 unspecified atom stereocenters. The first-order valence-electron chi connectivity index (χ1n) is 12.3. The van der Waals surface area contributed by atoms with Crippen LogP contribution in [0.25, 0.3) is 0 Å². The Morgan fingerprint density at radius 2 is 1.54 bits per heavy atom. The van der Waals surface area contributed by atoms with Crippen molar-refractivity contribution in [1.82, 2.24) is 4.90 Å². The summed E-state index contributed by atoms with van der Waals surface area (Å²) in [6.07, 6.45) is 1.79. The van der Waals surface area contributed by atoms with E-state index in [2.05, 4.69) is 35.3 Å². The Morgan fingerprint density at radius 1 is 0.865 bits per heavy atom. The minimum absolute atomic E-state index is 0.147. The average molecular weight is 523 g/mol. The normalized spacial score (nSPS) is 14.4. The molecule has 0 aromatic heterocycles. The van der Waals surface area contributed by atoms with Crippen LogP contribution in [0, 0.1) is 0 Å². The molecule has 0 saturated carbocycles. The van der Waals surface area contributed by atoms with E-state index in [1.54, 1.807) is 28.4 Å². The summed E-state index contributed by atoms with van der Waals surface area (Å²) in [4.78, 5) is 2.16. The van der Waals surface area contributed by atoms with Crippen LogP contribution < -0.4 is 29.0 Å². The van der Waals surface area contributed by atoms with Crippen LogP contribution in [0.4, 0.5) is 5.69 Å². The van der Waals surface area contributed by atoms with Crippen LogP contribution >= 0.6 is 12.2 Å². The van der Waals surface area contributed by atoms with Gasteiger partial charge in [0.05, 0.1) is 40.2 Å². The fraction of sp³-hybridized carbons (Fsp3) is 0.345. The highest BCUT2D eigenvalue weighted by molar-refractivity contribution is 7.80. The molecule has 4 rings (SSSR count). The highest BCUT2D eigenvalue weighted by atomic mass is 32.1. The first-order chi connectivity index (χ1) is 18.0. The smallest absolute Gasteiger partial charge is 0.174 e. The number of anilines is 1. The molecule has 37 heavy (non-hydrogen) atoms. The second kappa shape index (κ2) is 12.1. The molecule has 0 fully saturated rings. The predicted octanol–water partition coefficient (Wildman–Crippen LogP) is 5.66. The minimum Gasteiger partial charge on any atom is -0.497 e. The molecule has 196 valence electrons. The summed E-state index contributed by atoms with van der Waals surface area (Å²) < 4.78 is 28.4. The molecule has 3 aromatic carbocycles. The molecule has 1 aliphatic rings. The lowest BCUT2D eigenvalue weighted by molar-refractivity contribution is 0.190. The molecule has 0 aliphatic carbocycles. The van der Waals surface area contributed by atoms with Crippen LogP contribution in [-0.4, -0.2) is 51.6 Å². The number of methoxy groups -OCH3 is 4. The lowest BCUT2D eigenvalue weighted by Gasteiger charge is -2.39. The monoisotopic (exact) mass is 522 g/mol. The van der Waals surface area contributed by atoms with Gasteiger partial charge in [-0.05, 0) is 78.1 Å². The van der Waals surface area contributed by atoms with E-state index in [-0.39, 0.29) is 6.04 Å². The fourth-order valence-corrected chi connectivity index (χ4v) is 4.87. The maximum absolute atomic E-state index is 6.30. The van der Waals surface area contributed by atoms with Crippen LogP contribution in [0.1, 0.15) is 29.7 Å². The van der Waals surface area contributed by atoms with E-state index in [1.807, 2.05) is 36.4 Å². The van der Waals surface area contributed by atoms with Crippen LogP contribution in [0.5, 0.6) is 28.7 Å². The van der Waals surface area contributed by atoms with Gasteiger partial charge in [0.2, 0.25) is 0 Å². The number of thiocarbonyl (C=S) groups is 1. The topological polar surface area (TPSA) is 61.4 Å². The Kier molecular flexibility index (Phi) is 8.61. The van der Waals surface area contributed by atoms with Gasteiger partial charge in [-0.3, -0.25) is 0 Å². The van der Waals surface area contributed by atoms with Crippen molar-refractivity contribution in [2.45, 2.75) is 25.8 Å². The quantitative estimate of drug-likeness (QED) is 0.362. The molecule has 1 atom stereocenters. The third-order valence-corrected chi connectivity index (χ3v) is 6.99. The SMILES string of the molecule is CCc1ccc(OCC2c3cc(OC)c(OC)cc3CCN2C(=S)Nc2cc(OC)ccc2OC)cc1. The molecule has 0 saturated heterocycles. The molecule has 0 bridgehead atoms. The molecular formula is C29H34N2O5S. The van der Waals surface area contributed by atoms with Crippen molar-refractivity contribution in [2.24, 2.45) is 0 Å². The molecule has 1 heterocycles. The lowest BCUT2D eigenvalue weighted by atomic mass is 9.92. The van der Waals surface area contributed by atoms with Crippen molar-refractivity contribution in [3.8, 4) is 28.7 Å². The molecule has 7 nitrogen and oxygen atoms in total. The predicted molar refractivity (Wildman–Crippen MR) is 150 cm³/mol. The average Bonchev–Trinajstić information content (AvgIpc) is 2.95. The number of hydrogen-bond donors (Lipinski definition) is 1. The van der Waals surface area contributed by atoms with Gasteiger partial charge in [-0.25, -0.2) is 0 Å². The second-order valence-electron chi connectivity index (χ2n) is 8.67. The maximum atomic E-state index is 6.30. The molecule has 1 aliphatic heterocycles. The Bertz CT molecular complexity index is 1230. The second-order valence-corrected chi connectivity index (χ2v) is 9.06. The van der Waals surface area contributed by atoms with Gasteiger partial charge in [-0.1, -0.05) is 19.1 Å². The number of hydrogen-bond acceptors (Lipinski definition) is 6. The largest absolute Gasteiger partial charge is 0.497 e. The summed E-state index contributed by atoms with van der Waals surface area (Å²) in [5.41, 5.74) is 4.28. The Hall–Kier alpha value is -3.65. The molecule has 0 radical (unpaired) electrons. The first-order valence-corrected chi connectivity index (χ1v) is 12.7. The van der Waals surface area contributed by atoms with Gasteiger partial charge < -0.3 is 33.9 Å². The third-order valence-electron chi connectivity index (χ3n) is 6.65. The van der Waals surface area contributed by atoms with Gasteiger partial charge in [-0.15, -0.1) is 0 Å². The van der Waals surface area contributed by atoms with Crippen molar-refractivity contribution in [1.29, 1.82) is 0 Å².